The number of methoxy groups -OCH3 is 1. The van der Waals surface area contributed by atoms with Crippen LogP contribution in [-0.4, -0.2) is 38.4 Å². The van der Waals surface area contributed by atoms with Gasteiger partial charge in [-0.3, -0.25) is 5.43 Å². The molecule has 1 aliphatic rings. The van der Waals surface area contributed by atoms with E-state index in [1.54, 1.807) is 7.11 Å². The average Bonchev–Trinajstić information content (AvgIpc) is 2.38. The number of hydrazine groups is 1. The van der Waals surface area contributed by atoms with Crippen LogP contribution in [0.3, 0.4) is 0 Å². The van der Waals surface area contributed by atoms with Gasteiger partial charge in [0.25, 0.3) is 0 Å². The highest BCUT2D eigenvalue weighted by atomic mass is 79.9. The summed E-state index contributed by atoms with van der Waals surface area (Å²) >= 11 is 3.47. The van der Waals surface area contributed by atoms with Gasteiger partial charge < -0.3 is 9.47 Å². The maximum atomic E-state index is 5.34. The van der Waals surface area contributed by atoms with Gasteiger partial charge in [0.05, 0.1) is 20.3 Å². The topological polar surface area (TPSA) is 33.7 Å². The second kappa shape index (κ2) is 6.35. The fourth-order valence-electron chi connectivity index (χ4n) is 1.80. The Hall–Kier alpha value is -0.620. The summed E-state index contributed by atoms with van der Waals surface area (Å²) in [4.78, 5) is 0. The highest BCUT2D eigenvalue weighted by molar-refractivity contribution is 9.10. The Labute approximate surface area is 110 Å². The van der Waals surface area contributed by atoms with E-state index in [0.717, 1.165) is 48.6 Å². The van der Waals surface area contributed by atoms with Crippen molar-refractivity contribution >= 4 is 15.9 Å². The van der Waals surface area contributed by atoms with Crippen molar-refractivity contribution in [3.05, 3.63) is 28.2 Å². The van der Waals surface area contributed by atoms with Crippen LogP contribution in [0.4, 0.5) is 0 Å². The molecule has 5 heteroatoms. The summed E-state index contributed by atoms with van der Waals surface area (Å²) in [5.41, 5.74) is 4.54. The van der Waals surface area contributed by atoms with E-state index < -0.39 is 0 Å². The van der Waals surface area contributed by atoms with Gasteiger partial charge in [0.2, 0.25) is 0 Å². The van der Waals surface area contributed by atoms with Crippen molar-refractivity contribution in [3.8, 4) is 5.75 Å². The molecule has 0 spiro atoms. The van der Waals surface area contributed by atoms with E-state index in [1.807, 2.05) is 12.1 Å². The van der Waals surface area contributed by atoms with Gasteiger partial charge in [0, 0.05) is 29.7 Å². The number of hydrogen-bond acceptors (Lipinski definition) is 4. The van der Waals surface area contributed by atoms with Crippen LogP contribution in [0, 0.1) is 0 Å². The zero-order valence-electron chi connectivity index (χ0n) is 9.91. The van der Waals surface area contributed by atoms with Crippen LogP contribution in [0.1, 0.15) is 5.56 Å². The Morgan fingerprint density at radius 1 is 1.41 bits per heavy atom. The number of halogens is 1. The Bertz CT molecular complexity index is 368. The van der Waals surface area contributed by atoms with E-state index in [1.165, 1.54) is 0 Å². The van der Waals surface area contributed by atoms with E-state index in [0.29, 0.717) is 0 Å². The van der Waals surface area contributed by atoms with Gasteiger partial charge in [-0.05, 0) is 18.2 Å². The van der Waals surface area contributed by atoms with Crippen LogP contribution in [0.15, 0.2) is 22.7 Å². The molecule has 0 saturated carbocycles. The first-order valence-corrected chi connectivity index (χ1v) is 6.47. The van der Waals surface area contributed by atoms with E-state index in [2.05, 4.69) is 32.4 Å². The molecule has 0 atom stereocenters. The van der Waals surface area contributed by atoms with Crippen LogP contribution in [-0.2, 0) is 11.3 Å². The van der Waals surface area contributed by atoms with Crippen molar-refractivity contribution in [2.75, 3.05) is 33.4 Å². The number of nitrogens with zero attached hydrogens (tertiary/aromatic N) is 1. The molecule has 1 heterocycles. The molecule has 1 saturated heterocycles. The van der Waals surface area contributed by atoms with E-state index >= 15 is 0 Å². The standard InChI is InChI=1S/C12H17BrN2O2/c1-16-12-3-2-11(13)8-10(12)9-14-15-4-6-17-7-5-15/h2-3,8,14H,4-7,9H2,1H3. The SMILES string of the molecule is COc1ccc(Br)cc1CNN1CCOCC1. The van der Waals surface area contributed by atoms with Crippen LogP contribution in [0.25, 0.3) is 0 Å². The lowest BCUT2D eigenvalue weighted by molar-refractivity contribution is 0.0104. The predicted molar refractivity (Wildman–Crippen MR) is 69.9 cm³/mol. The van der Waals surface area contributed by atoms with Gasteiger partial charge in [-0.2, -0.15) is 0 Å². The van der Waals surface area contributed by atoms with Crippen molar-refractivity contribution in [1.82, 2.24) is 10.4 Å². The predicted octanol–water partition coefficient (Wildman–Crippen LogP) is 1.79. The number of morpholine rings is 1. The van der Waals surface area contributed by atoms with Crippen molar-refractivity contribution < 1.29 is 9.47 Å². The van der Waals surface area contributed by atoms with Gasteiger partial charge in [-0.15, -0.1) is 0 Å². The maximum Gasteiger partial charge on any atom is 0.123 e. The molecule has 1 aliphatic heterocycles. The van der Waals surface area contributed by atoms with Crippen molar-refractivity contribution in [1.29, 1.82) is 0 Å². The van der Waals surface area contributed by atoms with Crippen LogP contribution >= 0.6 is 15.9 Å². The molecule has 1 N–H and O–H groups in total. The minimum absolute atomic E-state index is 0.766. The zero-order chi connectivity index (χ0) is 12.1. The summed E-state index contributed by atoms with van der Waals surface area (Å²) in [6, 6.07) is 6.03. The average molecular weight is 301 g/mol. The quantitative estimate of drug-likeness (QED) is 0.919. The Morgan fingerprint density at radius 3 is 2.88 bits per heavy atom. The zero-order valence-corrected chi connectivity index (χ0v) is 11.5. The van der Waals surface area contributed by atoms with Crippen LogP contribution in [0.5, 0.6) is 5.75 Å². The molecular weight excluding hydrogens is 284 g/mol. The summed E-state index contributed by atoms with van der Waals surface area (Å²) in [6.45, 7) is 4.21. The third-order valence-electron chi connectivity index (χ3n) is 2.75. The molecule has 0 amide bonds. The summed E-state index contributed by atoms with van der Waals surface area (Å²) < 4.78 is 11.7. The van der Waals surface area contributed by atoms with E-state index in [4.69, 9.17) is 9.47 Å². The summed E-state index contributed by atoms with van der Waals surface area (Å²) in [7, 11) is 1.70. The first-order chi connectivity index (χ1) is 8.29. The lowest BCUT2D eigenvalue weighted by Gasteiger charge is -2.27. The van der Waals surface area contributed by atoms with Crippen molar-refractivity contribution in [3.63, 3.8) is 0 Å². The van der Waals surface area contributed by atoms with Gasteiger partial charge in [0.1, 0.15) is 5.75 Å². The number of nitrogens with one attached hydrogen (secondary N) is 1. The van der Waals surface area contributed by atoms with Crippen LogP contribution in [0.2, 0.25) is 0 Å². The minimum Gasteiger partial charge on any atom is -0.496 e. The van der Waals surface area contributed by atoms with Crippen molar-refractivity contribution in [2.45, 2.75) is 6.54 Å². The third-order valence-corrected chi connectivity index (χ3v) is 3.24. The molecular formula is C12H17BrN2O2. The van der Waals surface area contributed by atoms with E-state index in [9.17, 15) is 0 Å². The Balaban J connectivity index is 1.95. The summed E-state index contributed by atoms with van der Waals surface area (Å²) in [5.74, 6) is 0.911. The maximum absolute atomic E-state index is 5.34. The number of ether oxygens (including phenoxy) is 2. The number of benzene rings is 1. The third kappa shape index (κ3) is 3.67. The molecule has 1 aromatic rings. The highest BCUT2D eigenvalue weighted by Gasteiger charge is 2.10. The molecule has 17 heavy (non-hydrogen) atoms. The molecule has 0 aromatic heterocycles. The summed E-state index contributed by atoms with van der Waals surface area (Å²) in [5, 5.41) is 2.18. The highest BCUT2D eigenvalue weighted by Crippen LogP contribution is 2.22. The van der Waals surface area contributed by atoms with Gasteiger partial charge >= 0.3 is 0 Å². The number of rotatable bonds is 4. The normalized spacial score (nSPS) is 17.1. The second-order valence-corrected chi connectivity index (χ2v) is 4.81. The van der Waals surface area contributed by atoms with Crippen molar-refractivity contribution in [2.24, 2.45) is 0 Å². The van der Waals surface area contributed by atoms with E-state index in [-0.39, 0.29) is 0 Å². The summed E-state index contributed by atoms with van der Waals surface area (Å²) in [6.07, 6.45) is 0. The Kier molecular flexibility index (Phi) is 4.79. The Morgan fingerprint density at radius 2 is 2.18 bits per heavy atom. The molecule has 0 aliphatic carbocycles. The largest absolute Gasteiger partial charge is 0.496 e. The fraction of sp³-hybridized carbons (Fsp3) is 0.500. The fourth-order valence-corrected chi connectivity index (χ4v) is 2.21. The molecule has 0 radical (unpaired) electrons. The lowest BCUT2D eigenvalue weighted by Crippen LogP contribution is -2.45. The molecule has 0 unspecified atom stereocenters. The first-order valence-electron chi connectivity index (χ1n) is 5.68. The molecule has 94 valence electrons. The molecule has 0 bridgehead atoms. The first kappa shape index (κ1) is 12.8. The smallest absolute Gasteiger partial charge is 0.123 e. The molecule has 4 nitrogen and oxygen atoms in total. The molecule has 1 fully saturated rings. The van der Waals surface area contributed by atoms with Gasteiger partial charge in [-0.1, -0.05) is 15.9 Å². The molecule has 1 aromatic carbocycles. The number of hydrogen-bond donors (Lipinski definition) is 1. The second-order valence-electron chi connectivity index (χ2n) is 3.89. The van der Waals surface area contributed by atoms with Crippen LogP contribution < -0.4 is 10.2 Å². The molecule has 2 rings (SSSR count). The van der Waals surface area contributed by atoms with Gasteiger partial charge in [0.15, 0.2) is 0 Å². The minimum atomic E-state index is 0.766. The lowest BCUT2D eigenvalue weighted by atomic mass is 10.2. The monoisotopic (exact) mass is 300 g/mol. The van der Waals surface area contributed by atoms with Gasteiger partial charge in [-0.25, -0.2) is 5.01 Å².